The van der Waals surface area contributed by atoms with Crippen molar-refractivity contribution in [3.05, 3.63) is 24.3 Å². The third kappa shape index (κ3) is 68.1. The smallest absolute Gasteiger partial charge is 0.462 e. The molecule has 19 heteroatoms. The first kappa shape index (κ1) is 91.5. The molecule has 0 aromatic rings. The lowest BCUT2D eigenvalue weighted by molar-refractivity contribution is -0.161. The van der Waals surface area contributed by atoms with E-state index in [2.05, 4.69) is 72.8 Å². The lowest BCUT2D eigenvalue weighted by Crippen LogP contribution is -2.30. The summed E-state index contributed by atoms with van der Waals surface area (Å²) in [4.78, 5) is 72.7. The van der Waals surface area contributed by atoms with Crippen LogP contribution in [-0.4, -0.2) is 96.7 Å². The number of phosphoric acid groups is 2. The highest BCUT2D eigenvalue weighted by atomic mass is 31.2. The van der Waals surface area contributed by atoms with Crippen LogP contribution in [0.2, 0.25) is 0 Å². The summed E-state index contributed by atoms with van der Waals surface area (Å²) in [6.07, 6.45) is 53.6. The molecule has 0 aromatic carbocycles. The molecule has 0 amide bonds. The quantitative estimate of drug-likeness (QED) is 0.0169. The molecule has 554 valence electrons. The van der Waals surface area contributed by atoms with Crippen molar-refractivity contribution in [3.8, 4) is 0 Å². The Morgan fingerprint density at radius 2 is 0.574 bits per heavy atom. The molecule has 0 aliphatic carbocycles. The second kappa shape index (κ2) is 65.2. The molecule has 0 aliphatic heterocycles. The number of aliphatic hydroxyl groups is 1. The molecule has 0 radical (unpaired) electrons. The summed E-state index contributed by atoms with van der Waals surface area (Å²) in [7, 11) is -9.92. The largest absolute Gasteiger partial charge is 0.472 e. The third-order valence-electron chi connectivity index (χ3n) is 16.8. The zero-order valence-corrected chi connectivity index (χ0v) is 62.7. The summed E-state index contributed by atoms with van der Waals surface area (Å²) >= 11 is 0. The first-order valence-electron chi connectivity index (χ1n) is 38.2. The third-order valence-corrected chi connectivity index (χ3v) is 18.7. The van der Waals surface area contributed by atoms with Crippen LogP contribution >= 0.6 is 15.6 Å². The van der Waals surface area contributed by atoms with E-state index in [1.165, 1.54) is 154 Å². The van der Waals surface area contributed by atoms with Crippen LogP contribution in [0.5, 0.6) is 0 Å². The Kier molecular flexibility index (Phi) is 63.5. The van der Waals surface area contributed by atoms with Gasteiger partial charge < -0.3 is 33.8 Å². The van der Waals surface area contributed by atoms with Crippen molar-refractivity contribution in [2.45, 2.75) is 375 Å². The zero-order valence-electron chi connectivity index (χ0n) is 60.9. The lowest BCUT2D eigenvalue weighted by Gasteiger charge is -2.21. The number of carbonyl (C=O) groups is 4. The van der Waals surface area contributed by atoms with Gasteiger partial charge in [-0.05, 0) is 69.1 Å². The second-order valence-corrected chi connectivity index (χ2v) is 30.7. The summed E-state index contributed by atoms with van der Waals surface area (Å²) in [5.74, 6) is 0.0864. The Hall–Kier alpha value is -2.46. The second-order valence-electron chi connectivity index (χ2n) is 27.8. The van der Waals surface area contributed by atoms with Crippen molar-refractivity contribution >= 4 is 39.5 Å². The molecule has 0 aromatic heterocycles. The molecule has 5 atom stereocenters. The van der Waals surface area contributed by atoms with E-state index in [9.17, 15) is 43.2 Å². The van der Waals surface area contributed by atoms with Crippen molar-refractivity contribution in [3.63, 3.8) is 0 Å². The van der Waals surface area contributed by atoms with Crippen LogP contribution in [0.1, 0.15) is 357 Å². The van der Waals surface area contributed by atoms with Gasteiger partial charge in [-0.3, -0.25) is 37.3 Å². The highest BCUT2D eigenvalue weighted by Crippen LogP contribution is 2.45. The van der Waals surface area contributed by atoms with Gasteiger partial charge in [0.25, 0.3) is 0 Å². The number of carbonyl (C=O) groups excluding carboxylic acids is 4. The molecule has 0 saturated carbocycles. The van der Waals surface area contributed by atoms with E-state index in [1.54, 1.807) is 0 Å². The van der Waals surface area contributed by atoms with Crippen molar-refractivity contribution in [2.24, 2.45) is 17.8 Å². The van der Waals surface area contributed by atoms with Gasteiger partial charge in [-0.25, -0.2) is 9.13 Å². The maximum atomic E-state index is 13.1. The van der Waals surface area contributed by atoms with Crippen LogP contribution in [0.15, 0.2) is 24.3 Å². The number of hydrogen-bond donors (Lipinski definition) is 3. The molecule has 0 fully saturated rings. The van der Waals surface area contributed by atoms with Crippen molar-refractivity contribution in [2.75, 3.05) is 39.6 Å². The average molecular weight is 1380 g/mol. The van der Waals surface area contributed by atoms with E-state index >= 15 is 0 Å². The molecule has 3 unspecified atom stereocenters. The van der Waals surface area contributed by atoms with Gasteiger partial charge in [-0.2, -0.15) is 0 Å². The highest BCUT2D eigenvalue weighted by molar-refractivity contribution is 7.47. The van der Waals surface area contributed by atoms with E-state index in [4.69, 9.17) is 37.0 Å². The van der Waals surface area contributed by atoms with Gasteiger partial charge in [0, 0.05) is 25.7 Å². The monoisotopic (exact) mass is 1380 g/mol. The van der Waals surface area contributed by atoms with Crippen LogP contribution in [0.3, 0.4) is 0 Å². The minimum Gasteiger partial charge on any atom is -0.462 e. The molecule has 0 saturated heterocycles. The maximum Gasteiger partial charge on any atom is 0.472 e. The van der Waals surface area contributed by atoms with Crippen LogP contribution in [0, 0.1) is 17.8 Å². The molecule has 0 aliphatic rings. The number of rotatable bonds is 71. The Morgan fingerprint density at radius 3 is 0.862 bits per heavy atom. The number of aliphatic hydroxyl groups excluding tert-OH is 1. The van der Waals surface area contributed by atoms with Crippen LogP contribution < -0.4 is 0 Å². The minimum absolute atomic E-state index is 0.0848. The number of unbranched alkanes of at least 4 members (excludes halogenated alkanes) is 36. The standard InChI is InChI=1S/C75H142O17P2/c1-8-9-10-11-12-13-14-15-16-21-24-27-37-44-51-58-74(79)91-70(62-85-72(77)56-49-42-35-26-23-20-18-17-19-22-25-32-39-46-53-66(2)3)64-89-93(81,82)87-60-69(76)61-88-94(83,84)90-65-71(92-75(80)59-52-45-38-31-29-34-41-48-55-68(6)7)63-86-73(78)57-50-43-36-30-28-33-40-47-54-67(4)5/h13-16,66-71,76H,8-12,17-65H2,1-7H3,(H,81,82)(H,83,84)/b14-13-,16-15-/t69?,70-,71-/m1/s1. The molecule has 0 heterocycles. The van der Waals surface area contributed by atoms with Gasteiger partial charge in [0.1, 0.15) is 19.3 Å². The predicted octanol–water partition coefficient (Wildman–Crippen LogP) is 21.3. The number of ether oxygens (including phenoxy) is 4. The van der Waals surface area contributed by atoms with Gasteiger partial charge >= 0.3 is 39.5 Å². The SMILES string of the molecule is CCCCCC/C=C\C=C/CCCCCCCC(=O)O[C@H](COC(=O)CCCCCCCCCCCCCCCCC(C)C)COP(=O)(O)OCC(O)COP(=O)(O)OC[C@@H](COC(=O)CCCCCCCCCCC(C)C)OC(=O)CCCCCCCCCCC(C)C. The number of esters is 4. The molecule has 3 N–H and O–H groups in total. The molecule has 0 bridgehead atoms. The summed E-state index contributed by atoms with van der Waals surface area (Å²) in [5.41, 5.74) is 0. The molecule has 0 rings (SSSR count). The number of hydrogen-bond acceptors (Lipinski definition) is 15. The van der Waals surface area contributed by atoms with E-state index < -0.39 is 97.5 Å². The summed E-state index contributed by atoms with van der Waals surface area (Å²) < 4.78 is 68.4. The minimum atomic E-state index is -4.97. The van der Waals surface area contributed by atoms with Crippen molar-refractivity contribution in [1.82, 2.24) is 0 Å². The highest BCUT2D eigenvalue weighted by Gasteiger charge is 2.30. The van der Waals surface area contributed by atoms with Gasteiger partial charge in [0.2, 0.25) is 0 Å². The van der Waals surface area contributed by atoms with Crippen LogP contribution in [-0.2, 0) is 65.4 Å². The Morgan fingerprint density at radius 1 is 0.330 bits per heavy atom. The van der Waals surface area contributed by atoms with Crippen molar-refractivity contribution in [1.29, 1.82) is 0 Å². The zero-order chi connectivity index (χ0) is 69.4. The van der Waals surface area contributed by atoms with Gasteiger partial charge in [0.15, 0.2) is 12.2 Å². The first-order chi connectivity index (χ1) is 45.2. The van der Waals surface area contributed by atoms with E-state index in [1.807, 2.05) is 0 Å². The van der Waals surface area contributed by atoms with Crippen molar-refractivity contribution < 1.29 is 80.2 Å². The van der Waals surface area contributed by atoms with Gasteiger partial charge in [-0.15, -0.1) is 0 Å². The van der Waals surface area contributed by atoms with Gasteiger partial charge in [-0.1, -0.05) is 304 Å². The maximum absolute atomic E-state index is 13.1. The Labute approximate surface area is 573 Å². The summed E-state index contributed by atoms with van der Waals surface area (Å²) in [5, 5.41) is 10.6. The molecule has 0 spiro atoms. The first-order valence-corrected chi connectivity index (χ1v) is 41.2. The van der Waals surface area contributed by atoms with E-state index in [0.717, 1.165) is 115 Å². The van der Waals surface area contributed by atoms with Gasteiger partial charge in [0.05, 0.1) is 26.4 Å². The Balaban J connectivity index is 5.28. The molecule has 94 heavy (non-hydrogen) atoms. The molecular formula is C75H142O17P2. The van der Waals surface area contributed by atoms with E-state index in [-0.39, 0.29) is 25.7 Å². The predicted molar refractivity (Wildman–Crippen MR) is 381 cm³/mol. The summed E-state index contributed by atoms with van der Waals surface area (Å²) in [6, 6.07) is 0. The fraction of sp³-hybridized carbons (Fsp3) is 0.893. The van der Waals surface area contributed by atoms with E-state index in [0.29, 0.717) is 31.6 Å². The fourth-order valence-electron chi connectivity index (χ4n) is 10.9. The summed E-state index contributed by atoms with van der Waals surface area (Å²) in [6.45, 7) is 11.8. The average Bonchev–Trinajstić information content (AvgIpc) is 1.54. The lowest BCUT2D eigenvalue weighted by atomic mass is 10.0. The Bertz CT molecular complexity index is 1930. The van der Waals surface area contributed by atoms with Crippen LogP contribution in [0.4, 0.5) is 0 Å². The normalized spacial score (nSPS) is 14.3. The number of phosphoric ester groups is 2. The molecular weight excluding hydrogens is 1230 g/mol. The molecule has 17 nitrogen and oxygen atoms in total. The topological polar surface area (TPSA) is 237 Å². The fourth-order valence-corrected chi connectivity index (χ4v) is 12.5. The number of allylic oxidation sites excluding steroid dienone is 4. The van der Waals surface area contributed by atoms with Crippen LogP contribution in [0.25, 0.3) is 0 Å².